The molecule has 1 aromatic carbocycles. The number of hydrogen-bond donors (Lipinski definition) is 2. The predicted octanol–water partition coefficient (Wildman–Crippen LogP) is 2.44. The fourth-order valence-electron chi connectivity index (χ4n) is 3.63. The number of nitrogens with zero attached hydrogens (tertiary/aromatic N) is 5. The van der Waals surface area contributed by atoms with Crippen molar-refractivity contribution < 1.29 is 18.7 Å². The molecule has 168 valence electrons. The minimum absolute atomic E-state index is 0.0534. The lowest BCUT2D eigenvalue weighted by molar-refractivity contribution is -0.0231. The Bertz CT molecular complexity index is 847. The van der Waals surface area contributed by atoms with E-state index in [0.717, 1.165) is 5.56 Å². The summed E-state index contributed by atoms with van der Waals surface area (Å²) in [7, 11) is 1.65. The number of amides is 2. The highest BCUT2D eigenvalue weighted by atomic mass is 19.3. The van der Waals surface area contributed by atoms with Crippen molar-refractivity contribution in [2.24, 2.45) is 0 Å². The van der Waals surface area contributed by atoms with Crippen LogP contribution < -0.4 is 0 Å². The van der Waals surface area contributed by atoms with E-state index in [-0.39, 0.29) is 31.5 Å². The number of benzene rings is 1. The van der Waals surface area contributed by atoms with Gasteiger partial charge in [0.05, 0.1) is 12.1 Å². The number of rotatable bonds is 11. The first-order valence-corrected chi connectivity index (χ1v) is 10.4. The largest absolute Gasteiger partial charge is 0.389 e. The van der Waals surface area contributed by atoms with E-state index in [0.29, 0.717) is 25.2 Å². The number of alkyl halides is 2. The summed E-state index contributed by atoms with van der Waals surface area (Å²) in [5.41, 5.74) is 0.997. The lowest BCUT2D eigenvalue weighted by Crippen LogP contribution is -2.37. The van der Waals surface area contributed by atoms with Gasteiger partial charge in [-0.3, -0.25) is 0 Å². The molecule has 10 heteroatoms. The molecule has 2 N–H and O–H groups in total. The van der Waals surface area contributed by atoms with Crippen LogP contribution in [0.25, 0.3) is 0 Å². The number of hydrogen-bond acceptors (Lipinski definition) is 5. The number of aliphatic hydroxyl groups excluding tert-OH is 1. The third-order valence-electron chi connectivity index (χ3n) is 5.33. The highest BCUT2D eigenvalue weighted by Gasteiger charge is 2.36. The van der Waals surface area contributed by atoms with E-state index in [2.05, 4.69) is 20.6 Å². The Morgan fingerprint density at radius 2 is 2.10 bits per heavy atom. The van der Waals surface area contributed by atoms with Crippen molar-refractivity contribution in [3.8, 4) is 0 Å². The highest BCUT2D eigenvalue weighted by Crippen LogP contribution is 2.27. The average molecular weight is 434 g/mol. The third kappa shape index (κ3) is 6.81. The average Bonchev–Trinajstić information content (AvgIpc) is 3.34. The molecular formula is C21H28F2N6O2. The molecule has 2 amide bonds. The van der Waals surface area contributed by atoms with E-state index in [4.69, 9.17) is 0 Å². The zero-order valence-electron chi connectivity index (χ0n) is 17.5. The van der Waals surface area contributed by atoms with Gasteiger partial charge in [0.1, 0.15) is 0 Å². The Balaban J connectivity index is 1.50. The molecule has 1 unspecified atom stereocenters. The number of tetrazole rings is 1. The number of aliphatic hydroxyl groups is 1. The fourth-order valence-corrected chi connectivity index (χ4v) is 3.63. The monoisotopic (exact) mass is 434 g/mol. The van der Waals surface area contributed by atoms with Crippen molar-refractivity contribution in [3.05, 3.63) is 53.9 Å². The molecule has 3 rings (SSSR count). The van der Waals surface area contributed by atoms with Gasteiger partial charge < -0.3 is 14.9 Å². The molecule has 8 nitrogen and oxygen atoms in total. The molecule has 2 aromatic rings. The van der Waals surface area contributed by atoms with Gasteiger partial charge in [0.2, 0.25) is 5.92 Å². The fraction of sp³-hybridized carbons (Fsp3) is 0.524. The summed E-state index contributed by atoms with van der Waals surface area (Å²) >= 11 is 0. The number of carbonyl (C=O) groups excluding carboxylic acids is 1. The van der Waals surface area contributed by atoms with Crippen LogP contribution in [0.1, 0.15) is 30.7 Å². The Kier molecular flexibility index (Phi) is 7.67. The molecule has 31 heavy (non-hydrogen) atoms. The number of urea groups is 1. The first-order chi connectivity index (χ1) is 14.8. The summed E-state index contributed by atoms with van der Waals surface area (Å²) in [4.78, 5) is 15.4. The number of carbonyl (C=O) groups is 1. The van der Waals surface area contributed by atoms with Crippen molar-refractivity contribution in [2.45, 2.75) is 50.2 Å². The van der Waals surface area contributed by atoms with Gasteiger partial charge >= 0.3 is 6.03 Å². The maximum Gasteiger partial charge on any atom is 0.320 e. The molecule has 0 saturated carbocycles. The predicted molar refractivity (Wildman–Crippen MR) is 110 cm³/mol. The van der Waals surface area contributed by atoms with Crippen LogP contribution in [0.2, 0.25) is 0 Å². The number of aromatic nitrogens is 4. The molecule has 1 saturated heterocycles. The van der Waals surface area contributed by atoms with Crippen LogP contribution in [-0.2, 0) is 12.8 Å². The molecule has 2 heterocycles. The zero-order valence-corrected chi connectivity index (χ0v) is 17.5. The van der Waals surface area contributed by atoms with Crippen molar-refractivity contribution in [1.29, 1.82) is 0 Å². The normalized spacial score (nSPS) is 18.3. The number of H-pyrrole nitrogens is 1. The minimum atomic E-state index is -2.90. The Morgan fingerprint density at radius 3 is 2.81 bits per heavy atom. The van der Waals surface area contributed by atoms with Crippen LogP contribution in [0.5, 0.6) is 0 Å². The maximum atomic E-state index is 14.3. The van der Waals surface area contributed by atoms with Gasteiger partial charge in [-0.15, -0.1) is 10.2 Å². The first kappa shape index (κ1) is 22.8. The minimum Gasteiger partial charge on any atom is -0.389 e. The third-order valence-corrected chi connectivity index (χ3v) is 5.33. The lowest BCUT2D eigenvalue weighted by atomic mass is 10.1. The molecule has 0 aliphatic carbocycles. The van der Waals surface area contributed by atoms with E-state index in [9.17, 15) is 18.7 Å². The second kappa shape index (κ2) is 10.4. The molecule has 1 aliphatic heterocycles. The van der Waals surface area contributed by atoms with Gasteiger partial charge in [-0.25, -0.2) is 13.6 Å². The van der Waals surface area contributed by atoms with Gasteiger partial charge in [-0.05, 0) is 12.0 Å². The van der Waals surface area contributed by atoms with E-state index in [1.54, 1.807) is 19.2 Å². The van der Waals surface area contributed by atoms with Crippen LogP contribution >= 0.6 is 0 Å². The lowest BCUT2D eigenvalue weighted by Gasteiger charge is -2.24. The summed E-state index contributed by atoms with van der Waals surface area (Å²) in [5.74, 6) is -2.49. The molecule has 2 atom stereocenters. The molecule has 0 bridgehead atoms. The second-order valence-corrected chi connectivity index (χ2v) is 7.85. The standard InChI is InChI=1S/C21H28F2N6O2/c1-28-15-17(9-10-18(30)14-16-6-3-2-4-7-16)29(20(28)31)13-12-21(22,23)11-5-8-19-24-26-27-25-19/h2-4,6-7,9-10,17-18,30H,5,8,11-15H2,1H3,(H,24,25,26,27)/b10-9+/t17-,18?/m0/s1. The van der Waals surface area contributed by atoms with Crippen LogP contribution in [0.4, 0.5) is 13.6 Å². The molecule has 0 spiro atoms. The molecule has 1 fully saturated rings. The van der Waals surface area contributed by atoms with E-state index in [1.807, 2.05) is 30.3 Å². The van der Waals surface area contributed by atoms with Crippen LogP contribution in [0.15, 0.2) is 42.5 Å². The Hall–Kier alpha value is -2.88. The van der Waals surface area contributed by atoms with E-state index >= 15 is 0 Å². The van der Waals surface area contributed by atoms with Crippen molar-refractivity contribution in [1.82, 2.24) is 30.4 Å². The zero-order chi connectivity index (χ0) is 22.3. The van der Waals surface area contributed by atoms with Crippen molar-refractivity contribution in [3.63, 3.8) is 0 Å². The van der Waals surface area contributed by atoms with Crippen molar-refractivity contribution >= 4 is 6.03 Å². The number of nitrogens with one attached hydrogen (secondary N) is 1. The SMILES string of the molecule is CN1C[C@H](/C=C/C(O)Cc2ccccc2)N(CCC(F)(F)CCCc2nn[nH]n2)C1=O. The summed E-state index contributed by atoms with van der Waals surface area (Å²) < 4.78 is 28.7. The Labute approximate surface area is 179 Å². The molecular weight excluding hydrogens is 406 g/mol. The topological polar surface area (TPSA) is 98.2 Å². The number of halogens is 2. The summed E-state index contributed by atoms with van der Waals surface area (Å²) in [6.45, 7) is 0.346. The van der Waals surface area contributed by atoms with Crippen LogP contribution in [-0.4, -0.2) is 79.8 Å². The summed E-state index contributed by atoms with van der Waals surface area (Å²) in [5, 5.41) is 23.5. The Morgan fingerprint density at radius 1 is 1.32 bits per heavy atom. The molecule has 0 radical (unpaired) electrons. The van der Waals surface area contributed by atoms with Crippen molar-refractivity contribution in [2.75, 3.05) is 20.1 Å². The quantitative estimate of drug-likeness (QED) is 0.530. The molecule has 1 aliphatic rings. The van der Waals surface area contributed by atoms with Gasteiger partial charge in [0, 0.05) is 45.8 Å². The smallest absolute Gasteiger partial charge is 0.320 e. The van der Waals surface area contributed by atoms with Gasteiger partial charge in [-0.1, -0.05) is 47.7 Å². The summed E-state index contributed by atoms with van der Waals surface area (Å²) in [6.07, 6.45) is 2.94. The van der Waals surface area contributed by atoms with E-state index in [1.165, 1.54) is 9.80 Å². The van der Waals surface area contributed by atoms with Crippen LogP contribution in [0.3, 0.4) is 0 Å². The summed E-state index contributed by atoms with van der Waals surface area (Å²) in [6, 6.07) is 8.94. The first-order valence-electron chi connectivity index (χ1n) is 10.4. The molecule has 1 aromatic heterocycles. The van der Waals surface area contributed by atoms with Gasteiger partial charge in [0.25, 0.3) is 0 Å². The highest BCUT2D eigenvalue weighted by molar-refractivity contribution is 5.77. The van der Waals surface area contributed by atoms with Gasteiger partial charge in [0.15, 0.2) is 5.82 Å². The van der Waals surface area contributed by atoms with E-state index < -0.39 is 18.4 Å². The van der Waals surface area contributed by atoms with Crippen LogP contribution in [0, 0.1) is 0 Å². The second-order valence-electron chi connectivity index (χ2n) is 7.85. The van der Waals surface area contributed by atoms with Gasteiger partial charge in [-0.2, -0.15) is 5.21 Å². The number of likely N-dealkylation sites (N-methyl/N-ethyl adjacent to an activating group) is 1. The maximum absolute atomic E-state index is 14.3. The number of aryl methyl sites for hydroxylation is 1. The number of aromatic amines is 1.